The number of carbonyl (C=O) groups excluding carboxylic acids is 1. The topological polar surface area (TPSA) is 92.4 Å². The van der Waals surface area contributed by atoms with Gasteiger partial charge in [-0.25, -0.2) is 4.98 Å². The second kappa shape index (κ2) is 7.98. The van der Waals surface area contributed by atoms with Gasteiger partial charge in [0, 0.05) is 17.5 Å². The summed E-state index contributed by atoms with van der Waals surface area (Å²) >= 11 is 2.61. The van der Waals surface area contributed by atoms with Gasteiger partial charge in [-0.15, -0.1) is 17.9 Å². The molecule has 2 N–H and O–H groups in total. The number of hydrogen-bond acceptors (Lipinski definition) is 7. The van der Waals surface area contributed by atoms with Gasteiger partial charge in [-0.1, -0.05) is 24.8 Å². The lowest BCUT2D eigenvalue weighted by atomic mass is 10.1. The second-order valence-electron chi connectivity index (χ2n) is 5.80. The highest BCUT2D eigenvalue weighted by Gasteiger charge is 2.17. The number of thioether (sulfide) groups is 1. The van der Waals surface area contributed by atoms with Gasteiger partial charge in [-0.05, 0) is 24.6 Å². The van der Waals surface area contributed by atoms with E-state index in [1.165, 1.54) is 28.0 Å². The molecule has 3 rings (SSSR count). The predicted octanol–water partition coefficient (Wildman–Crippen LogP) is 3.59. The maximum absolute atomic E-state index is 12.8. The fourth-order valence-electron chi connectivity index (χ4n) is 2.59. The molecule has 0 saturated heterocycles. The van der Waals surface area contributed by atoms with Crippen LogP contribution in [0, 0.1) is 0 Å². The van der Waals surface area contributed by atoms with Crippen molar-refractivity contribution in [2.75, 3.05) is 5.75 Å². The number of aryl methyl sites for hydroxylation is 1. The zero-order valence-electron chi connectivity index (χ0n) is 14.6. The number of aromatic nitrogens is 2. The van der Waals surface area contributed by atoms with Crippen LogP contribution in [0.1, 0.15) is 22.2 Å². The minimum absolute atomic E-state index is 0.000561. The van der Waals surface area contributed by atoms with Crippen LogP contribution < -0.4 is 5.56 Å². The van der Waals surface area contributed by atoms with Crippen LogP contribution in [0.2, 0.25) is 0 Å². The largest absolute Gasteiger partial charge is 0.508 e. The van der Waals surface area contributed by atoms with Gasteiger partial charge >= 0.3 is 0 Å². The number of allylic oxidation sites excluding steroid dienone is 1. The van der Waals surface area contributed by atoms with Crippen LogP contribution in [-0.4, -0.2) is 31.3 Å². The summed E-state index contributed by atoms with van der Waals surface area (Å²) in [6.07, 6.45) is 2.43. The maximum atomic E-state index is 12.8. The zero-order chi connectivity index (χ0) is 19.6. The molecule has 2 aromatic heterocycles. The smallest absolute Gasteiger partial charge is 0.263 e. The summed E-state index contributed by atoms with van der Waals surface area (Å²) in [5.41, 5.74) is -0.0401. The summed E-state index contributed by atoms with van der Waals surface area (Å²) in [6.45, 7) is 6.00. The number of nitrogens with zero attached hydrogens (tertiary/aromatic N) is 2. The van der Waals surface area contributed by atoms with Gasteiger partial charge in [0.25, 0.3) is 5.56 Å². The number of thiophene rings is 1. The first-order valence-corrected chi connectivity index (χ1v) is 10.1. The number of benzene rings is 1. The molecule has 0 amide bonds. The normalized spacial score (nSPS) is 11.0. The molecule has 6 nitrogen and oxygen atoms in total. The van der Waals surface area contributed by atoms with Crippen molar-refractivity contribution in [1.82, 2.24) is 9.55 Å². The minimum atomic E-state index is -0.322. The van der Waals surface area contributed by atoms with Gasteiger partial charge in [-0.2, -0.15) is 0 Å². The molecular formula is C19H18N2O4S2. The molecule has 0 atom stereocenters. The van der Waals surface area contributed by atoms with Crippen molar-refractivity contribution in [2.45, 2.75) is 25.0 Å². The Morgan fingerprint density at radius 1 is 1.37 bits per heavy atom. The second-order valence-corrected chi connectivity index (χ2v) is 7.85. The highest BCUT2D eigenvalue weighted by atomic mass is 32.2. The Kier molecular flexibility index (Phi) is 5.67. The number of rotatable bonds is 7. The van der Waals surface area contributed by atoms with Crippen LogP contribution in [-0.2, 0) is 13.0 Å². The first-order valence-electron chi connectivity index (χ1n) is 8.26. The standard InChI is InChI=1S/C19H18N2O4S2/c1-3-7-21-18(25)14-9-12(4-2)27-17(14)20-19(21)26-10-16(24)13-6-5-11(22)8-15(13)23/h3,5-6,8-9,22-23H,1,4,7,10H2,2H3. The fraction of sp³-hybridized carbons (Fsp3) is 0.211. The number of hydrogen-bond donors (Lipinski definition) is 2. The summed E-state index contributed by atoms with van der Waals surface area (Å²) in [5.74, 6) is -0.719. The molecular weight excluding hydrogens is 384 g/mol. The van der Waals surface area contributed by atoms with Gasteiger partial charge < -0.3 is 10.2 Å². The van der Waals surface area contributed by atoms with Crippen molar-refractivity contribution < 1.29 is 15.0 Å². The summed E-state index contributed by atoms with van der Waals surface area (Å²) in [6, 6.07) is 5.69. The number of ketones is 1. The third-order valence-electron chi connectivity index (χ3n) is 3.94. The van der Waals surface area contributed by atoms with E-state index in [4.69, 9.17) is 0 Å². The Hall–Kier alpha value is -2.58. The molecule has 0 bridgehead atoms. The Bertz CT molecular complexity index is 1090. The van der Waals surface area contributed by atoms with Crippen molar-refractivity contribution in [2.24, 2.45) is 0 Å². The van der Waals surface area contributed by atoms with Gasteiger partial charge in [0.1, 0.15) is 16.3 Å². The predicted molar refractivity (Wildman–Crippen MR) is 108 cm³/mol. The Morgan fingerprint density at radius 3 is 2.81 bits per heavy atom. The minimum Gasteiger partial charge on any atom is -0.508 e. The van der Waals surface area contributed by atoms with Gasteiger partial charge in [-0.3, -0.25) is 14.2 Å². The molecule has 140 valence electrons. The van der Waals surface area contributed by atoms with E-state index in [0.29, 0.717) is 21.9 Å². The maximum Gasteiger partial charge on any atom is 0.263 e. The SMILES string of the molecule is C=CCn1c(SCC(=O)c2ccc(O)cc2O)nc2sc(CC)cc2c1=O. The van der Waals surface area contributed by atoms with Crippen LogP contribution in [0.3, 0.4) is 0 Å². The lowest BCUT2D eigenvalue weighted by Crippen LogP contribution is -2.22. The highest BCUT2D eigenvalue weighted by molar-refractivity contribution is 7.99. The molecule has 0 spiro atoms. The molecule has 0 aliphatic rings. The van der Waals surface area contributed by atoms with Crippen molar-refractivity contribution in [3.8, 4) is 11.5 Å². The summed E-state index contributed by atoms with van der Waals surface area (Å²) in [4.78, 5) is 31.5. The Morgan fingerprint density at radius 2 is 2.15 bits per heavy atom. The van der Waals surface area contributed by atoms with Gasteiger partial charge in [0.05, 0.1) is 16.7 Å². The zero-order valence-corrected chi connectivity index (χ0v) is 16.3. The molecule has 3 aromatic rings. The molecule has 0 aliphatic carbocycles. The molecule has 27 heavy (non-hydrogen) atoms. The van der Waals surface area contributed by atoms with E-state index in [9.17, 15) is 19.8 Å². The summed E-state index contributed by atoms with van der Waals surface area (Å²) in [7, 11) is 0. The van der Waals surface area contributed by atoms with Crippen LogP contribution in [0.5, 0.6) is 11.5 Å². The number of carbonyl (C=O) groups is 1. The average molecular weight is 402 g/mol. The molecule has 2 heterocycles. The van der Waals surface area contributed by atoms with E-state index in [1.807, 2.05) is 13.0 Å². The lowest BCUT2D eigenvalue weighted by molar-refractivity contribution is 0.102. The van der Waals surface area contributed by atoms with E-state index in [1.54, 1.807) is 6.08 Å². The van der Waals surface area contributed by atoms with E-state index in [-0.39, 0.29) is 34.2 Å². The van der Waals surface area contributed by atoms with E-state index in [0.717, 1.165) is 29.1 Å². The summed E-state index contributed by atoms with van der Waals surface area (Å²) in [5, 5.41) is 20.2. The van der Waals surface area contributed by atoms with Crippen molar-refractivity contribution in [3.63, 3.8) is 0 Å². The number of phenols is 2. The number of phenolic OH excluding ortho intramolecular Hbond substituents is 2. The molecule has 0 aliphatic heterocycles. The van der Waals surface area contributed by atoms with E-state index < -0.39 is 0 Å². The van der Waals surface area contributed by atoms with Crippen molar-refractivity contribution >= 4 is 39.1 Å². The van der Waals surface area contributed by atoms with Crippen LogP contribution in [0.15, 0.2) is 46.9 Å². The van der Waals surface area contributed by atoms with E-state index in [2.05, 4.69) is 11.6 Å². The van der Waals surface area contributed by atoms with Gasteiger partial charge in [0.2, 0.25) is 0 Å². The van der Waals surface area contributed by atoms with Crippen molar-refractivity contribution in [1.29, 1.82) is 0 Å². The average Bonchev–Trinajstić information content (AvgIpc) is 3.06. The summed E-state index contributed by atoms with van der Waals surface area (Å²) < 4.78 is 1.50. The monoisotopic (exact) mass is 402 g/mol. The molecule has 8 heteroatoms. The highest BCUT2D eigenvalue weighted by Crippen LogP contribution is 2.27. The lowest BCUT2D eigenvalue weighted by Gasteiger charge is -2.10. The van der Waals surface area contributed by atoms with Gasteiger partial charge in [0.15, 0.2) is 10.9 Å². The molecule has 0 saturated carbocycles. The molecule has 0 unspecified atom stereocenters. The van der Waals surface area contributed by atoms with Crippen molar-refractivity contribution in [3.05, 3.63) is 57.7 Å². The first kappa shape index (κ1) is 19.2. The molecule has 0 radical (unpaired) electrons. The number of Topliss-reactive ketones (excluding diaryl/α,β-unsaturated/α-hetero) is 1. The van der Waals surface area contributed by atoms with Crippen LogP contribution in [0.25, 0.3) is 10.2 Å². The molecule has 1 aromatic carbocycles. The number of aromatic hydroxyl groups is 2. The van der Waals surface area contributed by atoms with E-state index >= 15 is 0 Å². The quantitative estimate of drug-likeness (QED) is 0.272. The van der Waals surface area contributed by atoms with Crippen LogP contribution in [0.4, 0.5) is 0 Å². The third-order valence-corrected chi connectivity index (χ3v) is 6.09. The van der Waals surface area contributed by atoms with Crippen LogP contribution >= 0.6 is 23.1 Å². The number of fused-ring (bicyclic) bond motifs is 1. The molecule has 0 fully saturated rings. The Labute approximate surface area is 163 Å². The third kappa shape index (κ3) is 3.91. The Balaban J connectivity index is 1.93. The fourth-order valence-corrected chi connectivity index (χ4v) is 4.49. The first-order chi connectivity index (χ1) is 12.9.